The van der Waals surface area contributed by atoms with Gasteiger partial charge in [0.15, 0.2) is 0 Å². The van der Waals surface area contributed by atoms with Crippen molar-refractivity contribution in [1.29, 1.82) is 0 Å². The van der Waals surface area contributed by atoms with Gasteiger partial charge in [0.2, 0.25) is 5.78 Å². The van der Waals surface area contributed by atoms with Gasteiger partial charge in [-0.1, -0.05) is 36.4 Å². The van der Waals surface area contributed by atoms with Crippen molar-refractivity contribution in [3.05, 3.63) is 59.9 Å². The number of hydrogen-bond donors (Lipinski definition) is 0. The van der Waals surface area contributed by atoms with E-state index in [1.807, 2.05) is 30.3 Å². The summed E-state index contributed by atoms with van der Waals surface area (Å²) in [4.78, 5) is 24.5. The van der Waals surface area contributed by atoms with E-state index >= 15 is 0 Å². The van der Waals surface area contributed by atoms with Crippen LogP contribution in [0.3, 0.4) is 0 Å². The first-order valence-corrected chi connectivity index (χ1v) is 7.19. The fraction of sp³-hybridized carbons (Fsp3) is 0.222. The van der Waals surface area contributed by atoms with Gasteiger partial charge in [0.05, 0.1) is 13.2 Å². The largest absolute Gasteiger partial charge is 0.500 e. The zero-order valence-corrected chi connectivity index (χ0v) is 12.7. The molecule has 0 bridgehead atoms. The predicted octanol–water partition coefficient (Wildman–Crippen LogP) is 3.51. The third-order valence-electron chi connectivity index (χ3n) is 3.12. The van der Waals surface area contributed by atoms with E-state index in [-0.39, 0.29) is 12.2 Å². The molecule has 2 aromatic carbocycles. The van der Waals surface area contributed by atoms with Gasteiger partial charge in [-0.3, -0.25) is 4.79 Å². The standard InChI is InChI=1S/C18H18O4/c1-3-21-12-16(18(20)22-4-2)17(19)15-10-9-13-7-5-6-8-14(13)11-15/h5-12H,3-4H2,1-2H3/b16-12+. The van der Waals surface area contributed by atoms with E-state index in [1.165, 1.54) is 6.26 Å². The van der Waals surface area contributed by atoms with Gasteiger partial charge in [-0.2, -0.15) is 0 Å². The number of ether oxygens (including phenoxy) is 2. The lowest BCUT2D eigenvalue weighted by molar-refractivity contribution is -0.138. The van der Waals surface area contributed by atoms with Gasteiger partial charge in [-0.15, -0.1) is 0 Å². The van der Waals surface area contributed by atoms with E-state index in [9.17, 15) is 9.59 Å². The second-order valence-corrected chi connectivity index (χ2v) is 4.60. The molecular weight excluding hydrogens is 280 g/mol. The van der Waals surface area contributed by atoms with Crippen molar-refractivity contribution in [3.63, 3.8) is 0 Å². The van der Waals surface area contributed by atoms with Crippen molar-refractivity contribution in [2.45, 2.75) is 13.8 Å². The van der Waals surface area contributed by atoms with Gasteiger partial charge in [-0.05, 0) is 30.7 Å². The molecule has 0 aliphatic rings. The Morgan fingerprint density at radius 1 is 1.00 bits per heavy atom. The zero-order chi connectivity index (χ0) is 15.9. The Morgan fingerprint density at radius 2 is 1.73 bits per heavy atom. The van der Waals surface area contributed by atoms with E-state index in [0.29, 0.717) is 12.2 Å². The van der Waals surface area contributed by atoms with E-state index in [2.05, 4.69) is 0 Å². The summed E-state index contributed by atoms with van der Waals surface area (Å²) >= 11 is 0. The molecule has 0 fully saturated rings. The number of ketones is 1. The topological polar surface area (TPSA) is 52.6 Å². The van der Waals surface area contributed by atoms with Crippen LogP contribution in [0, 0.1) is 0 Å². The highest BCUT2D eigenvalue weighted by Crippen LogP contribution is 2.18. The maximum absolute atomic E-state index is 12.6. The van der Waals surface area contributed by atoms with Gasteiger partial charge < -0.3 is 9.47 Å². The lowest BCUT2D eigenvalue weighted by Crippen LogP contribution is -2.16. The summed E-state index contributed by atoms with van der Waals surface area (Å²) in [6.07, 6.45) is 1.18. The lowest BCUT2D eigenvalue weighted by Gasteiger charge is -2.07. The van der Waals surface area contributed by atoms with Crippen molar-refractivity contribution in [2.75, 3.05) is 13.2 Å². The van der Waals surface area contributed by atoms with Crippen LogP contribution in [0.25, 0.3) is 10.8 Å². The number of hydrogen-bond acceptors (Lipinski definition) is 4. The van der Waals surface area contributed by atoms with Crippen LogP contribution in [0.2, 0.25) is 0 Å². The van der Waals surface area contributed by atoms with Gasteiger partial charge in [-0.25, -0.2) is 4.79 Å². The van der Waals surface area contributed by atoms with Crippen molar-refractivity contribution in [3.8, 4) is 0 Å². The first kappa shape index (κ1) is 15.8. The second kappa shape index (κ2) is 7.41. The van der Waals surface area contributed by atoms with E-state index in [4.69, 9.17) is 9.47 Å². The average Bonchev–Trinajstić information content (AvgIpc) is 2.54. The van der Waals surface area contributed by atoms with Gasteiger partial charge in [0.25, 0.3) is 0 Å². The molecule has 114 valence electrons. The van der Waals surface area contributed by atoms with Crippen LogP contribution in [0.15, 0.2) is 54.3 Å². The molecule has 0 aliphatic carbocycles. The van der Waals surface area contributed by atoms with Crippen molar-refractivity contribution >= 4 is 22.5 Å². The highest BCUT2D eigenvalue weighted by atomic mass is 16.5. The zero-order valence-electron chi connectivity index (χ0n) is 12.7. The van der Waals surface area contributed by atoms with Crippen LogP contribution in [-0.2, 0) is 14.3 Å². The minimum atomic E-state index is -0.672. The van der Waals surface area contributed by atoms with Crippen molar-refractivity contribution in [2.24, 2.45) is 0 Å². The minimum absolute atomic E-state index is 0.0982. The van der Waals surface area contributed by atoms with Crippen LogP contribution in [0.5, 0.6) is 0 Å². The molecule has 0 amide bonds. The average molecular weight is 298 g/mol. The van der Waals surface area contributed by atoms with Gasteiger partial charge in [0.1, 0.15) is 11.8 Å². The molecule has 0 radical (unpaired) electrons. The van der Waals surface area contributed by atoms with Crippen LogP contribution < -0.4 is 0 Å². The van der Waals surface area contributed by atoms with Gasteiger partial charge in [0, 0.05) is 5.56 Å². The highest BCUT2D eigenvalue weighted by molar-refractivity contribution is 6.24. The Bertz CT molecular complexity index is 716. The Kier molecular flexibility index (Phi) is 5.31. The number of carbonyl (C=O) groups excluding carboxylic acids is 2. The van der Waals surface area contributed by atoms with Crippen LogP contribution in [-0.4, -0.2) is 25.0 Å². The number of esters is 1. The molecule has 4 heteroatoms. The third kappa shape index (κ3) is 3.52. The summed E-state index contributed by atoms with van der Waals surface area (Å²) < 4.78 is 10.0. The van der Waals surface area contributed by atoms with Crippen molar-refractivity contribution < 1.29 is 19.1 Å². The van der Waals surface area contributed by atoms with E-state index in [0.717, 1.165) is 10.8 Å². The smallest absolute Gasteiger partial charge is 0.345 e. The number of benzene rings is 2. The maximum atomic E-state index is 12.6. The Hall–Kier alpha value is -2.62. The first-order valence-electron chi connectivity index (χ1n) is 7.19. The number of rotatable bonds is 6. The maximum Gasteiger partial charge on any atom is 0.345 e. The summed E-state index contributed by atoms with van der Waals surface area (Å²) in [6.45, 7) is 4.04. The van der Waals surface area contributed by atoms with Gasteiger partial charge >= 0.3 is 5.97 Å². The number of fused-ring (bicyclic) bond motifs is 1. The lowest BCUT2D eigenvalue weighted by atomic mass is 10.0. The predicted molar refractivity (Wildman–Crippen MR) is 84.6 cm³/mol. The first-order chi connectivity index (χ1) is 10.7. The molecule has 0 spiro atoms. The summed E-state index contributed by atoms with van der Waals surface area (Å²) in [5.41, 5.74) is 0.330. The number of carbonyl (C=O) groups is 2. The second-order valence-electron chi connectivity index (χ2n) is 4.60. The van der Waals surface area contributed by atoms with Crippen LogP contribution in [0.1, 0.15) is 24.2 Å². The molecule has 2 rings (SSSR count). The molecule has 0 atom stereocenters. The summed E-state index contributed by atoms with van der Waals surface area (Å²) in [5.74, 6) is -1.08. The normalized spacial score (nSPS) is 11.3. The molecule has 22 heavy (non-hydrogen) atoms. The number of Topliss-reactive ketones (excluding diaryl/α,β-unsaturated/α-hetero) is 1. The Morgan fingerprint density at radius 3 is 2.41 bits per heavy atom. The Balaban J connectivity index is 2.37. The quantitative estimate of drug-likeness (QED) is 0.204. The molecule has 0 N–H and O–H groups in total. The molecule has 0 aromatic heterocycles. The minimum Gasteiger partial charge on any atom is -0.500 e. The summed E-state index contributed by atoms with van der Waals surface area (Å²) in [6, 6.07) is 13.0. The van der Waals surface area contributed by atoms with Crippen LogP contribution >= 0.6 is 0 Å². The highest BCUT2D eigenvalue weighted by Gasteiger charge is 2.22. The molecule has 0 saturated heterocycles. The third-order valence-corrected chi connectivity index (χ3v) is 3.12. The SMILES string of the molecule is CCO/C=C(/C(=O)OCC)C(=O)c1ccc2ccccc2c1. The molecule has 0 saturated carbocycles. The van der Waals surface area contributed by atoms with Crippen molar-refractivity contribution in [1.82, 2.24) is 0 Å². The molecule has 0 unspecified atom stereocenters. The molecular formula is C18H18O4. The van der Waals surface area contributed by atoms with Crippen LogP contribution in [0.4, 0.5) is 0 Å². The summed E-state index contributed by atoms with van der Waals surface area (Å²) in [5, 5.41) is 1.97. The Labute approximate surface area is 129 Å². The fourth-order valence-electron chi connectivity index (χ4n) is 2.06. The molecule has 0 heterocycles. The fourth-order valence-corrected chi connectivity index (χ4v) is 2.06. The summed E-state index contributed by atoms with van der Waals surface area (Å²) in [7, 11) is 0. The molecule has 2 aromatic rings. The molecule has 4 nitrogen and oxygen atoms in total. The monoisotopic (exact) mass is 298 g/mol. The molecule has 0 aliphatic heterocycles. The van der Waals surface area contributed by atoms with E-state index < -0.39 is 11.8 Å². The van der Waals surface area contributed by atoms with E-state index in [1.54, 1.807) is 26.0 Å².